The molecule has 0 N–H and O–H groups in total. The molecule has 0 aliphatic carbocycles. The predicted octanol–water partition coefficient (Wildman–Crippen LogP) is 2.19. The molecule has 10 heavy (non-hydrogen) atoms. The Kier molecular flexibility index (Phi) is 1.22. The number of nitrogens with zero attached hydrogens (tertiary/aromatic N) is 1. The first-order chi connectivity index (χ1) is 4.91. The summed E-state index contributed by atoms with van der Waals surface area (Å²) in [5.74, 6) is -0.0278. The van der Waals surface area contributed by atoms with Crippen molar-refractivity contribution in [2.75, 3.05) is 0 Å². The molecule has 2 nitrogen and oxygen atoms in total. The average Bonchev–Trinajstić information content (AvgIpc) is 2.11. The molecule has 0 saturated carbocycles. The molecule has 0 aromatic carbocycles. The molecule has 0 aliphatic heterocycles. The van der Waals surface area contributed by atoms with Gasteiger partial charge in [0.05, 0.1) is 5.69 Å². The Morgan fingerprint density at radius 1 is 1.80 bits per heavy atom. The summed E-state index contributed by atoms with van der Waals surface area (Å²) in [5, 5.41) is 0. The molecule has 0 bridgehead atoms. The van der Waals surface area contributed by atoms with Crippen LogP contribution < -0.4 is 0 Å². The highest BCUT2D eigenvalue weighted by Gasteiger charge is 2.24. The average molecular weight is 144 g/mol. The van der Waals surface area contributed by atoms with Gasteiger partial charge in [-0.05, 0) is 20.8 Å². The Morgan fingerprint density at radius 3 is 2.60 bits per heavy atom. The minimum atomic E-state index is -1.59. The topological polar surface area (TPSA) is 26.0 Å². The van der Waals surface area contributed by atoms with Crippen LogP contribution in [0, 0.1) is 6.92 Å². The Hall–Kier alpha value is -0.860. The molecule has 0 unspecified atom stereocenters. The maximum absolute atomic E-state index is 13.1. The summed E-state index contributed by atoms with van der Waals surface area (Å²) in [5.41, 5.74) is -1.17. The minimum absolute atomic E-state index is 0.0278. The third-order valence-electron chi connectivity index (χ3n) is 1.07. The largest absolute Gasteiger partial charge is 0.445 e. The Bertz CT molecular complexity index is 244. The van der Waals surface area contributed by atoms with Gasteiger partial charge in [-0.15, -0.1) is 0 Å². The van der Waals surface area contributed by atoms with Gasteiger partial charge in [0.25, 0.3) is 0 Å². The second-order valence-corrected chi connectivity index (χ2v) is 2.68. The molecule has 0 fully saturated rings. The standard InChI is InChI=1S/C7H10FNO/c1-5-4-10-6(9-5)7(2,3)8/h4H,1-3H3/i4D. The fraction of sp³-hybridized carbons (Fsp3) is 0.571. The summed E-state index contributed by atoms with van der Waals surface area (Å²) in [6.45, 7) is 4.30. The first kappa shape index (κ1) is 5.89. The number of hydrogen-bond donors (Lipinski definition) is 0. The van der Waals surface area contributed by atoms with Crippen LogP contribution in [0.15, 0.2) is 10.7 Å². The maximum atomic E-state index is 13.1. The monoisotopic (exact) mass is 144 g/mol. The maximum Gasteiger partial charge on any atom is 0.231 e. The first-order valence-electron chi connectivity index (χ1n) is 3.54. The number of hydrogen-bond acceptors (Lipinski definition) is 2. The van der Waals surface area contributed by atoms with Crippen LogP contribution >= 0.6 is 0 Å². The van der Waals surface area contributed by atoms with Gasteiger partial charge in [-0.2, -0.15) is 0 Å². The van der Waals surface area contributed by atoms with Crippen LogP contribution in [0.4, 0.5) is 4.39 Å². The van der Waals surface area contributed by atoms with Crippen molar-refractivity contribution in [2.24, 2.45) is 0 Å². The number of aryl methyl sites for hydroxylation is 1. The zero-order valence-electron chi connectivity index (χ0n) is 7.23. The molecule has 1 heterocycles. The highest BCUT2D eigenvalue weighted by Crippen LogP contribution is 2.22. The third kappa shape index (κ3) is 1.35. The lowest BCUT2D eigenvalue weighted by Gasteiger charge is -2.06. The Labute approximate surface area is 60.5 Å². The summed E-state index contributed by atoms with van der Waals surface area (Å²) in [7, 11) is 0. The van der Waals surface area contributed by atoms with Crippen molar-refractivity contribution in [3.63, 3.8) is 0 Å². The van der Waals surface area contributed by atoms with Crippen LogP contribution in [0.25, 0.3) is 0 Å². The van der Waals surface area contributed by atoms with Crippen LogP contribution in [-0.4, -0.2) is 4.98 Å². The third-order valence-corrected chi connectivity index (χ3v) is 1.07. The summed E-state index contributed by atoms with van der Waals surface area (Å²) >= 11 is 0. The molecule has 0 atom stereocenters. The lowest BCUT2D eigenvalue weighted by atomic mass is 10.2. The van der Waals surface area contributed by atoms with Gasteiger partial charge >= 0.3 is 0 Å². The Balaban J connectivity index is 3.08. The molecule has 1 rings (SSSR count). The summed E-state index contributed by atoms with van der Waals surface area (Å²) in [6, 6.07) is 0. The number of halogens is 1. The summed E-state index contributed by atoms with van der Waals surface area (Å²) in [6.07, 6.45) is -0.0641. The minimum Gasteiger partial charge on any atom is -0.445 e. The van der Waals surface area contributed by atoms with Gasteiger partial charge < -0.3 is 4.42 Å². The van der Waals surface area contributed by atoms with Crippen molar-refractivity contribution in [1.82, 2.24) is 4.98 Å². The quantitative estimate of drug-likeness (QED) is 0.603. The molecule has 0 aliphatic rings. The van der Waals surface area contributed by atoms with E-state index in [1.807, 2.05) is 0 Å². The predicted molar refractivity (Wildman–Crippen MR) is 35.4 cm³/mol. The molecular weight excluding hydrogens is 133 g/mol. The molecule has 56 valence electrons. The van der Waals surface area contributed by atoms with Crippen molar-refractivity contribution >= 4 is 0 Å². The number of rotatable bonds is 1. The van der Waals surface area contributed by atoms with Crippen LogP contribution in [0.1, 0.15) is 26.8 Å². The molecule has 0 amide bonds. The smallest absolute Gasteiger partial charge is 0.231 e. The fourth-order valence-corrected chi connectivity index (χ4v) is 0.574. The van der Waals surface area contributed by atoms with Gasteiger partial charge in [-0.3, -0.25) is 0 Å². The van der Waals surface area contributed by atoms with Gasteiger partial charge in [0, 0.05) is 0 Å². The van der Waals surface area contributed by atoms with Gasteiger partial charge in [0.1, 0.15) is 7.61 Å². The molecule has 0 spiro atoms. The highest BCUT2D eigenvalue weighted by atomic mass is 19.1. The number of oxazole rings is 1. The van der Waals surface area contributed by atoms with Crippen molar-refractivity contribution in [2.45, 2.75) is 26.4 Å². The normalized spacial score (nSPS) is 13.4. The Morgan fingerprint density at radius 2 is 2.40 bits per heavy atom. The SMILES string of the molecule is [2H]c1oc(C(C)(C)F)nc1C. The molecule has 3 heteroatoms. The van der Waals surface area contributed by atoms with Gasteiger partial charge in [-0.25, -0.2) is 9.37 Å². The van der Waals surface area contributed by atoms with E-state index in [0.29, 0.717) is 5.69 Å². The zero-order chi connectivity index (χ0) is 8.65. The van der Waals surface area contributed by atoms with E-state index in [9.17, 15) is 4.39 Å². The van der Waals surface area contributed by atoms with Crippen molar-refractivity contribution in [3.05, 3.63) is 17.8 Å². The van der Waals surface area contributed by atoms with E-state index < -0.39 is 5.67 Å². The first-order valence-corrected chi connectivity index (χ1v) is 3.04. The lowest BCUT2D eigenvalue weighted by molar-refractivity contribution is 0.170. The second-order valence-electron chi connectivity index (χ2n) is 2.68. The molecule has 0 saturated heterocycles. The van der Waals surface area contributed by atoms with E-state index in [0.717, 1.165) is 0 Å². The zero-order valence-corrected chi connectivity index (χ0v) is 6.23. The highest BCUT2D eigenvalue weighted by molar-refractivity contribution is 4.99. The fourth-order valence-electron chi connectivity index (χ4n) is 0.574. The van der Waals surface area contributed by atoms with Crippen molar-refractivity contribution in [1.29, 1.82) is 0 Å². The van der Waals surface area contributed by atoms with E-state index in [2.05, 4.69) is 4.98 Å². The van der Waals surface area contributed by atoms with Crippen molar-refractivity contribution < 1.29 is 10.2 Å². The molecular formula is C7H10FNO. The summed E-state index contributed by atoms with van der Waals surface area (Å²) in [4.78, 5) is 3.75. The number of aromatic nitrogens is 1. The summed E-state index contributed by atoms with van der Waals surface area (Å²) < 4.78 is 25.0. The van der Waals surface area contributed by atoms with Crippen molar-refractivity contribution in [3.8, 4) is 0 Å². The van der Waals surface area contributed by atoms with Gasteiger partial charge in [-0.1, -0.05) is 0 Å². The van der Waals surface area contributed by atoms with Gasteiger partial charge in [0.2, 0.25) is 5.89 Å². The molecule has 0 radical (unpaired) electrons. The van der Waals surface area contributed by atoms with Crippen LogP contribution in [0.5, 0.6) is 0 Å². The molecule has 1 aromatic heterocycles. The van der Waals surface area contributed by atoms with E-state index in [-0.39, 0.29) is 12.1 Å². The van der Waals surface area contributed by atoms with Crippen LogP contribution in [0.3, 0.4) is 0 Å². The van der Waals surface area contributed by atoms with Gasteiger partial charge in [0.15, 0.2) is 5.67 Å². The van der Waals surface area contributed by atoms with E-state index >= 15 is 0 Å². The second kappa shape index (κ2) is 2.08. The number of alkyl halides is 1. The van der Waals surface area contributed by atoms with Crippen LogP contribution in [0.2, 0.25) is 0 Å². The molecule has 1 aromatic rings. The van der Waals surface area contributed by atoms with E-state index in [4.69, 9.17) is 5.79 Å². The van der Waals surface area contributed by atoms with E-state index in [1.54, 1.807) is 6.92 Å². The lowest BCUT2D eigenvalue weighted by Crippen LogP contribution is -2.09. The van der Waals surface area contributed by atoms with Crippen LogP contribution in [-0.2, 0) is 5.67 Å². The van der Waals surface area contributed by atoms with E-state index in [1.165, 1.54) is 13.8 Å².